The zero-order chi connectivity index (χ0) is 20.6. The van der Waals surface area contributed by atoms with Crippen LogP contribution < -0.4 is 15.4 Å². The van der Waals surface area contributed by atoms with Crippen LogP contribution in [0, 0.1) is 0 Å². The van der Waals surface area contributed by atoms with Crippen molar-refractivity contribution in [3.8, 4) is 5.75 Å². The number of carbonyl (C=O) groups is 2. The predicted octanol–water partition coefficient (Wildman–Crippen LogP) is 4.44. The van der Waals surface area contributed by atoms with Crippen LogP contribution in [0.3, 0.4) is 0 Å². The molecule has 1 unspecified atom stereocenters. The summed E-state index contributed by atoms with van der Waals surface area (Å²) in [7, 11) is 0. The first-order chi connectivity index (χ1) is 14.1. The molecule has 0 bridgehead atoms. The summed E-state index contributed by atoms with van der Waals surface area (Å²) >= 11 is 7.53. The summed E-state index contributed by atoms with van der Waals surface area (Å²) in [5.41, 5.74) is 2.36. The molecule has 2 amide bonds. The third-order valence-electron chi connectivity index (χ3n) is 4.22. The van der Waals surface area contributed by atoms with Crippen molar-refractivity contribution in [2.45, 2.75) is 13.0 Å². The highest BCUT2D eigenvalue weighted by molar-refractivity contribution is 7.08. The van der Waals surface area contributed by atoms with E-state index in [0.717, 1.165) is 11.1 Å². The van der Waals surface area contributed by atoms with Gasteiger partial charge < -0.3 is 15.4 Å². The van der Waals surface area contributed by atoms with E-state index in [1.54, 1.807) is 47.7 Å². The van der Waals surface area contributed by atoms with E-state index in [9.17, 15) is 9.59 Å². The van der Waals surface area contributed by atoms with E-state index in [-0.39, 0.29) is 24.4 Å². The molecule has 3 rings (SSSR count). The number of thiophene rings is 1. The molecule has 5 nitrogen and oxygen atoms in total. The molecule has 1 heterocycles. The summed E-state index contributed by atoms with van der Waals surface area (Å²) in [4.78, 5) is 24.8. The third-order valence-corrected chi connectivity index (χ3v) is 5.18. The third kappa shape index (κ3) is 5.82. The minimum atomic E-state index is -0.318. The molecular weight excluding hydrogens is 408 g/mol. The molecule has 0 radical (unpaired) electrons. The Morgan fingerprint density at radius 2 is 1.76 bits per heavy atom. The second-order valence-electron chi connectivity index (χ2n) is 6.25. The second-order valence-corrected chi connectivity index (χ2v) is 7.47. The molecule has 0 saturated heterocycles. The van der Waals surface area contributed by atoms with E-state index in [4.69, 9.17) is 16.3 Å². The summed E-state index contributed by atoms with van der Waals surface area (Å²) in [5, 5.41) is 10.2. The van der Waals surface area contributed by atoms with E-state index in [2.05, 4.69) is 10.6 Å². The number of nitrogens with one attached hydrogen (secondary N) is 2. The largest absolute Gasteiger partial charge is 0.494 e. The number of ether oxygens (including phenoxy) is 1. The van der Waals surface area contributed by atoms with Crippen LogP contribution in [-0.4, -0.2) is 25.0 Å². The first-order valence-corrected chi connectivity index (χ1v) is 10.5. The Hall–Kier alpha value is -2.83. The maximum Gasteiger partial charge on any atom is 0.251 e. The van der Waals surface area contributed by atoms with Crippen LogP contribution in [0.15, 0.2) is 65.4 Å². The summed E-state index contributed by atoms with van der Waals surface area (Å²) in [6, 6.07) is 15.8. The molecule has 0 aliphatic rings. The number of rotatable bonds is 8. The van der Waals surface area contributed by atoms with Crippen LogP contribution in [0.4, 0.5) is 0 Å². The average Bonchev–Trinajstić information content (AvgIpc) is 3.26. The lowest BCUT2D eigenvalue weighted by Gasteiger charge is -2.19. The quantitative estimate of drug-likeness (QED) is 0.557. The van der Waals surface area contributed by atoms with Gasteiger partial charge in [0.05, 0.1) is 19.2 Å². The molecule has 2 N–H and O–H groups in total. The molecule has 29 heavy (non-hydrogen) atoms. The Labute approximate surface area is 178 Å². The fraction of sp³-hybridized carbons (Fsp3) is 0.182. The molecule has 1 atom stereocenters. The van der Waals surface area contributed by atoms with Gasteiger partial charge >= 0.3 is 0 Å². The van der Waals surface area contributed by atoms with Gasteiger partial charge in [0, 0.05) is 10.6 Å². The Morgan fingerprint density at radius 3 is 2.38 bits per heavy atom. The van der Waals surface area contributed by atoms with E-state index in [0.29, 0.717) is 22.9 Å². The summed E-state index contributed by atoms with van der Waals surface area (Å²) in [6.45, 7) is 2.33. The minimum absolute atomic E-state index is 0.125. The van der Waals surface area contributed by atoms with Crippen LogP contribution in [-0.2, 0) is 4.79 Å². The lowest BCUT2D eigenvalue weighted by molar-refractivity contribution is -0.120. The Bertz CT molecular complexity index is 941. The lowest BCUT2D eigenvalue weighted by Crippen LogP contribution is -2.38. The van der Waals surface area contributed by atoms with Crippen molar-refractivity contribution in [3.05, 3.63) is 87.1 Å². The van der Waals surface area contributed by atoms with Crippen molar-refractivity contribution in [2.75, 3.05) is 13.2 Å². The molecule has 0 spiro atoms. The van der Waals surface area contributed by atoms with Crippen molar-refractivity contribution in [1.29, 1.82) is 0 Å². The van der Waals surface area contributed by atoms with Gasteiger partial charge in [-0.25, -0.2) is 0 Å². The van der Waals surface area contributed by atoms with Crippen LogP contribution in [0.1, 0.15) is 34.5 Å². The molecule has 0 saturated carbocycles. The molecule has 3 aromatic rings. The van der Waals surface area contributed by atoms with Gasteiger partial charge in [-0.3, -0.25) is 9.59 Å². The Balaban J connectivity index is 1.61. The van der Waals surface area contributed by atoms with Crippen LogP contribution in [0.25, 0.3) is 0 Å². The summed E-state index contributed by atoms with van der Waals surface area (Å²) in [6.07, 6.45) is 0. The van der Waals surface area contributed by atoms with Crippen molar-refractivity contribution >= 4 is 34.8 Å². The summed E-state index contributed by atoms with van der Waals surface area (Å²) in [5.74, 6) is 0.0978. The van der Waals surface area contributed by atoms with Gasteiger partial charge in [-0.05, 0) is 71.3 Å². The Kier molecular flexibility index (Phi) is 7.27. The van der Waals surface area contributed by atoms with Gasteiger partial charge in [0.15, 0.2) is 0 Å². The highest BCUT2D eigenvalue weighted by Gasteiger charge is 2.18. The van der Waals surface area contributed by atoms with Gasteiger partial charge in [-0.2, -0.15) is 11.3 Å². The van der Waals surface area contributed by atoms with E-state index >= 15 is 0 Å². The first-order valence-electron chi connectivity index (χ1n) is 9.15. The molecule has 0 aliphatic heterocycles. The zero-order valence-corrected chi connectivity index (χ0v) is 17.4. The SMILES string of the molecule is CCOc1ccc(C(=O)NCC(=O)NC(c2ccc(Cl)cc2)c2ccsc2)cc1. The van der Waals surface area contributed by atoms with Crippen molar-refractivity contribution < 1.29 is 14.3 Å². The number of amides is 2. The summed E-state index contributed by atoms with van der Waals surface area (Å²) < 4.78 is 5.36. The normalized spacial score (nSPS) is 11.5. The maximum atomic E-state index is 12.5. The second kappa shape index (κ2) is 10.1. The highest BCUT2D eigenvalue weighted by Crippen LogP contribution is 2.25. The molecule has 7 heteroatoms. The minimum Gasteiger partial charge on any atom is -0.494 e. The van der Waals surface area contributed by atoms with Crippen molar-refractivity contribution in [2.24, 2.45) is 0 Å². The van der Waals surface area contributed by atoms with Crippen molar-refractivity contribution in [1.82, 2.24) is 10.6 Å². The molecule has 0 aliphatic carbocycles. The maximum absolute atomic E-state index is 12.5. The molecule has 1 aromatic heterocycles. The number of halogens is 1. The van der Waals surface area contributed by atoms with Crippen LogP contribution in [0.5, 0.6) is 5.75 Å². The fourth-order valence-electron chi connectivity index (χ4n) is 2.80. The van der Waals surface area contributed by atoms with E-state index in [1.807, 2.05) is 35.9 Å². The average molecular weight is 429 g/mol. The predicted molar refractivity (Wildman–Crippen MR) is 116 cm³/mol. The molecule has 0 fully saturated rings. The number of carbonyl (C=O) groups excluding carboxylic acids is 2. The Morgan fingerprint density at radius 1 is 1.03 bits per heavy atom. The standard InChI is InChI=1S/C22H21ClN2O3S/c1-2-28-19-9-5-16(6-10-19)22(27)24-13-20(26)25-21(17-11-12-29-14-17)15-3-7-18(23)8-4-15/h3-12,14,21H,2,13H2,1H3,(H,24,27)(H,25,26). The zero-order valence-electron chi connectivity index (χ0n) is 15.9. The highest BCUT2D eigenvalue weighted by atomic mass is 35.5. The van der Waals surface area contributed by atoms with Crippen molar-refractivity contribution in [3.63, 3.8) is 0 Å². The van der Waals surface area contributed by atoms with Gasteiger partial charge in [-0.1, -0.05) is 23.7 Å². The monoisotopic (exact) mass is 428 g/mol. The molecule has 150 valence electrons. The van der Waals surface area contributed by atoms with Gasteiger partial charge in [-0.15, -0.1) is 0 Å². The number of benzene rings is 2. The van der Waals surface area contributed by atoms with Gasteiger partial charge in [0.25, 0.3) is 5.91 Å². The first kappa shape index (κ1) is 20.9. The topological polar surface area (TPSA) is 67.4 Å². The van der Waals surface area contributed by atoms with E-state index in [1.165, 1.54) is 0 Å². The van der Waals surface area contributed by atoms with Gasteiger partial charge in [0.1, 0.15) is 5.75 Å². The van der Waals surface area contributed by atoms with Crippen LogP contribution >= 0.6 is 22.9 Å². The number of hydrogen-bond acceptors (Lipinski definition) is 4. The fourth-order valence-corrected chi connectivity index (χ4v) is 3.61. The lowest BCUT2D eigenvalue weighted by atomic mass is 10.0. The van der Waals surface area contributed by atoms with E-state index < -0.39 is 0 Å². The van der Waals surface area contributed by atoms with Gasteiger partial charge in [0.2, 0.25) is 5.91 Å². The smallest absolute Gasteiger partial charge is 0.251 e. The molecular formula is C22H21ClN2O3S. The van der Waals surface area contributed by atoms with Crippen LogP contribution in [0.2, 0.25) is 5.02 Å². The molecule has 2 aromatic carbocycles. The number of hydrogen-bond donors (Lipinski definition) is 2.